The van der Waals surface area contributed by atoms with E-state index in [1.165, 1.54) is 17.3 Å². The summed E-state index contributed by atoms with van der Waals surface area (Å²) < 4.78 is 19.2. The topological polar surface area (TPSA) is 88.1 Å². The number of ether oxygens (including phenoxy) is 2. The maximum Gasteiger partial charge on any atom is 0.247 e. The molecule has 0 bridgehead atoms. The van der Waals surface area contributed by atoms with Crippen molar-refractivity contribution in [2.75, 3.05) is 13.7 Å². The quantitative estimate of drug-likeness (QED) is 0.345. The first-order chi connectivity index (χ1) is 16.2. The Morgan fingerprint density at radius 1 is 1.00 bits per heavy atom. The minimum atomic E-state index is 0.161. The van der Waals surface area contributed by atoms with Gasteiger partial charge in [0.1, 0.15) is 5.75 Å². The molecule has 1 aliphatic rings. The molecule has 1 saturated heterocycles. The predicted octanol–water partition coefficient (Wildman–Crippen LogP) is 4.78. The van der Waals surface area contributed by atoms with Crippen LogP contribution in [0.25, 0.3) is 22.8 Å². The zero-order chi connectivity index (χ0) is 22.6. The summed E-state index contributed by atoms with van der Waals surface area (Å²) in [5.74, 6) is 3.19. The fourth-order valence-electron chi connectivity index (χ4n) is 3.76. The zero-order valence-electron chi connectivity index (χ0n) is 18.6. The molecule has 33 heavy (non-hydrogen) atoms. The van der Waals surface area contributed by atoms with Crippen molar-refractivity contribution in [2.24, 2.45) is 0 Å². The van der Waals surface area contributed by atoms with E-state index in [0.29, 0.717) is 24.1 Å². The number of rotatable bonds is 8. The lowest BCUT2D eigenvalue weighted by atomic mass is 10.1. The van der Waals surface area contributed by atoms with Crippen molar-refractivity contribution in [3.05, 3.63) is 60.0 Å². The smallest absolute Gasteiger partial charge is 0.247 e. The standard InChI is InChI=1S/C24H25N5O3S/c1-16-5-7-18(8-6-16)23-27-25-21(32-23)15-33-24-28-26-22(17-9-11-19(30-2)12-10-17)29(24)14-20-4-3-13-31-20/h5-12,20H,3-4,13-15H2,1-2H3. The van der Waals surface area contributed by atoms with Crippen LogP contribution in [0.15, 0.2) is 58.1 Å². The second kappa shape index (κ2) is 9.76. The van der Waals surface area contributed by atoms with Crippen molar-refractivity contribution in [3.8, 4) is 28.6 Å². The molecular formula is C24H25N5O3S. The van der Waals surface area contributed by atoms with E-state index in [4.69, 9.17) is 13.9 Å². The van der Waals surface area contributed by atoms with E-state index in [1.54, 1.807) is 7.11 Å². The second-order valence-electron chi connectivity index (χ2n) is 7.94. The van der Waals surface area contributed by atoms with E-state index in [1.807, 2.05) is 55.5 Å². The van der Waals surface area contributed by atoms with Gasteiger partial charge in [-0.1, -0.05) is 29.5 Å². The molecular weight excluding hydrogens is 438 g/mol. The molecule has 0 N–H and O–H groups in total. The maximum absolute atomic E-state index is 5.89. The van der Waals surface area contributed by atoms with Crippen LogP contribution < -0.4 is 4.74 Å². The number of methoxy groups -OCH3 is 1. The summed E-state index contributed by atoms with van der Waals surface area (Å²) >= 11 is 1.53. The molecule has 170 valence electrons. The van der Waals surface area contributed by atoms with Crippen LogP contribution in [0.3, 0.4) is 0 Å². The molecule has 0 aliphatic carbocycles. The third-order valence-electron chi connectivity index (χ3n) is 5.57. The van der Waals surface area contributed by atoms with Gasteiger partial charge in [0, 0.05) is 17.7 Å². The van der Waals surface area contributed by atoms with Crippen LogP contribution in [0.5, 0.6) is 5.75 Å². The molecule has 0 spiro atoms. The first-order valence-corrected chi connectivity index (χ1v) is 11.9. The summed E-state index contributed by atoms with van der Waals surface area (Å²) in [6.45, 7) is 3.55. The fourth-order valence-corrected chi connectivity index (χ4v) is 4.54. The Morgan fingerprint density at radius 3 is 2.52 bits per heavy atom. The summed E-state index contributed by atoms with van der Waals surface area (Å²) in [4.78, 5) is 0. The van der Waals surface area contributed by atoms with Gasteiger partial charge in [-0.15, -0.1) is 20.4 Å². The number of hydrogen-bond acceptors (Lipinski definition) is 8. The van der Waals surface area contributed by atoms with Crippen molar-refractivity contribution in [3.63, 3.8) is 0 Å². The Morgan fingerprint density at radius 2 is 1.79 bits per heavy atom. The molecule has 3 heterocycles. The van der Waals surface area contributed by atoms with Crippen LogP contribution in [0.1, 0.15) is 24.3 Å². The molecule has 8 nitrogen and oxygen atoms in total. The van der Waals surface area contributed by atoms with Crippen LogP contribution in [0, 0.1) is 6.92 Å². The highest BCUT2D eigenvalue weighted by Crippen LogP contribution is 2.29. The van der Waals surface area contributed by atoms with Gasteiger partial charge in [0.25, 0.3) is 0 Å². The van der Waals surface area contributed by atoms with Gasteiger partial charge in [-0.25, -0.2) is 0 Å². The van der Waals surface area contributed by atoms with Crippen molar-refractivity contribution in [1.29, 1.82) is 0 Å². The molecule has 9 heteroatoms. The van der Waals surface area contributed by atoms with E-state index in [0.717, 1.165) is 47.3 Å². The molecule has 0 amide bonds. The number of aromatic nitrogens is 5. The molecule has 1 aliphatic heterocycles. The van der Waals surface area contributed by atoms with Crippen LogP contribution in [0.2, 0.25) is 0 Å². The summed E-state index contributed by atoms with van der Waals surface area (Å²) in [6, 6.07) is 15.9. The monoisotopic (exact) mass is 463 g/mol. The molecule has 0 radical (unpaired) electrons. The van der Waals surface area contributed by atoms with Crippen LogP contribution >= 0.6 is 11.8 Å². The summed E-state index contributed by atoms with van der Waals surface area (Å²) in [5, 5.41) is 18.2. The predicted molar refractivity (Wildman–Crippen MR) is 125 cm³/mol. The first-order valence-electron chi connectivity index (χ1n) is 10.9. The second-order valence-corrected chi connectivity index (χ2v) is 8.88. The number of nitrogens with zero attached hydrogens (tertiary/aromatic N) is 5. The normalized spacial score (nSPS) is 15.8. The van der Waals surface area contributed by atoms with Gasteiger partial charge in [0.15, 0.2) is 11.0 Å². The molecule has 2 aromatic heterocycles. The minimum absolute atomic E-state index is 0.161. The van der Waals surface area contributed by atoms with E-state index in [-0.39, 0.29) is 6.10 Å². The summed E-state index contributed by atoms with van der Waals surface area (Å²) in [7, 11) is 1.66. The van der Waals surface area contributed by atoms with Gasteiger partial charge in [-0.3, -0.25) is 4.57 Å². The van der Waals surface area contributed by atoms with Gasteiger partial charge >= 0.3 is 0 Å². The molecule has 5 rings (SSSR count). The third kappa shape index (κ3) is 4.94. The maximum atomic E-state index is 5.89. The number of benzene rings is 2. The Hall–Kier alpha value is -3.17. The Kier molecular flexibility index (Phi) is 6.41. The largest absolute Gasteiger partial charge is 0.497 e. The van der Waals surface area contributed by atoms with Gasteiger partial charge in [0.2, 0.25) is 11.8 Å². The molecule has 1 fully saturated rings. The van der Waals surface area contributed by atoms with Gasteiger partial charge in [-0.2, -0.15) is 0 Å². The highest BCUT2D eigenvalue weighted by atomic mass is 32.2. The van der Waals surface area contributed by atoms with Crippen molar-refractivity contribution < 1.29 is 13.9 Å². The van der Waals surface area contributed by atoms with Crippen LogP contribution in [-0.4, -0.2) is 44.8 Å². The van der Waals surface area contributed by atoms with E-state index >= 15 is 0 Å². The average Bonchev–Trinajstić information content (AvgIpc) is 3.61. The van der Waals surface area contributed by atoms with Gasteiger partial charge < -0.3 is 13.9 Å². The van der Waals surface area contributed by atoms with Crippen molar-refractivity contribution >= 4 is 11.8 Å². The van der Waals surface area contributed by atoms with Crippen molar-refractivity contribution in [2.45, 2.75) is 43.3 Å². The third-order valence-corrected chi connectivity index (χ3v) is 6.52. The highest BCUT2D eigenvalue weighted by Gasteiger charge is 2.22. The molecule has 0 saturated carbocycles. The number of thioether (sulfide) groups is 1. The molecule has 1 unspecified atom stereocenters. The zero-order valence-corrected chi connectivity index (χ0v) is 19.4. The molecule has 1 atom stereocenters. The van der Waals surface area contributed by atoms with E-state index in [2.05, 4.69) is 25.0 Å². The Labute approximate surface area is 196 Å². The molecule has 4 aromatic rings. The van der Waals surface area contributed by atoms with Gasteiger partial charge in [0.05, 0.1) is 25.5 Å². The van der Waals surface area contributed by atoms with Crippen molar-refractivity contribution in [1.82, 2.24) is 25.0 Å². The Balaban J connectivity index is 1.36. The lowest BCUT2D eigenvalue weighted by Crippen LogP contribution is -2.16. The van der Waals surface area contributed by atoms with Gasteiger partial charge in [-0.05, 0) is 56.2 Å². The van der Waals surface area contributed by atoms with Crippen LogP contribution in [-0.2, 0) is 17.0 Å². The first kappa shape index (κ1) is 21.7. The lowest BCUT2D eigenvalue weighted by molar-refractivity contribution is 0.0953. The summed E-state index contributed by atoms with van der Waals surface area (Å²) in [6.07, 6.45) is 2.28. The SMILES string of the molecule is COc1ccc(-c2nnc(SCc3nnc(-c4ccc(C)cc4)o3)n2CC2CCCO2)cc1. The highest BCUT2D eigenvalue weighted by molar-refractivity contribution is 7.98. The summed E-state index contributed by atoms with van der Waals surface area (Å²) in [5.41, 5.74) is 3.08. The Bertz CT molecular complexity index is 1200. The average molecular weight is 464 g/mol. The number of hydrogen-bond donors (Lipinski definition) is 0. The minimum Gasteiger partial charge on any atom is -0.497 e. The molecule has 2 aromatic carbocycles. The lowest BCUT2D eigenvalue weighted by Gasteiger charge is -2.14. The fraction of sp³-hybridized carbons (Fsp3) is 0.333. The van der Waals surface area contributed by atoms with E-state index < -0.39 is 0 Å². The number of aryl methyl sites for hydroxylation is 1. The van der Waals surface area contributed by atoms with E-state index in [9.17, 15) is 0 Å². The van der Waals surface area contributed by atoms with Crippen LogP contribution in [0.4, 0.5) is 0 Å².